The quantitative estimate of drug-likeness (QED) is 0.433. The lowest BCUT2D eigenvalue weighted by molar-refractivity contribution is -0.141. The summed E-state index contributed by atoms with van der Waals surface area (Å²) < 4.78 is 41.1. The van der Waals surface area contributed by atoms with E-state index in [0.717, 1.165) is 14.5 Å². The van der Waals surface area contributed by atoms with E-state index in [-0.39, 0.29) is 16.4 Å². The number of nitrogens with zero attached hydrogens (tertiary/aromatic N) is 2. The van der Waals surface area contributed by atoms with Gasteiger partial charge in [-0.15, -0.1) is 11.3 Å². The lowest BCUT2D eigenvalue weighted by Gasteiger charge is -2.09. The van der Waals surface area contributed by atoms with E-state index in [4.69, 9.17) is 23.2 Å². The number of hydrogen-bond donors (Lipinski definition) is 0. The Morgan fingerprint density at radius 2 is 1.83 bits per heavy atom. The molecule has 0 atom stereocenters. The largest absolute Gasteiger partial charge is 0.435 e. The molecule has 0 fully saturated rings. The van der Waals surface area contributed by atoms with Crippen molar-refractivity contribution in [3.05, 3.63) is 55.9 Å². The third-order valence-corrected chi connectivity index (χ3v) is 5.16. The van der Waals surface area contributed by atoms with Crippen LogP contribution in [0.4, 0.5) is 13.2 Å². The first kappa shape index (κ1) is 16.8. The molecule has 0 saturated carbocycles. The first-order valence-corrected chi connectivity index (χ1v) is 8.50. The minimum Gasteiger partial charge on any atom is -0.230 e. The second-order valence-electron chi connectivity index (χ2n) is 4.52. The molecule has 0 amide bonds. The molecule has 2 nitrogen and oxygen atoms in total. The highest BCUT2D eigenvalue weighted by Crippen LogP contribution is 2.38. The van der Waals surface area contributed by atoms with Crippen molar-refractivity contribution in [2.75, 3.05) is 0 Å². The first-order valence-electron chi connectivity index (χ1n) is 6.14. The second-order valence-corrected chi connectivity index (χ2v) is 7.83. The first-order chi connectivity index (χ1) is 10.8. The molecule has 9 heteroatoms. The summed E-state index contributed by atoms with van der Waals surface area (Å²) in [6.07, 6.45) is -4.56. The molecule has 0 saturated heterocycles. The van der Waals surface area contributed by atoms with Crippen LogP contribution in [0, 0.1) is 0 Å². The standard InChI is InChI=1S/C14H6BrCl2F3N2S/c15-13-4-3-11(23-13)10-6-12(14(18,19)20)21-22(10)9-5-7(16)1-2-8(9)17/h1-6H. The summed E-state index contributed by atoms with van der Waals surface area (Å²) in [4.78, 5) is 0.621. The summed E-state index contributed by atoms with van der Waals surface area (Å²) in [5.41, 5.74) is -0.417. The predicted molar refractivity (Wildman–Crippen MR) is 89.6 cm³/mol. The summed E-state index contributed by atoms with van der Waals surface area (Å²) in [5, 5.41) is 4.29. The van der Waals surface area contributed by atoms with Crippen LogP contribution in [0.25, 0.3) is 16.3 Å². The third-order valence-electron chi connectivity index (χ3n) is 2.96. The summed E-state index contributed by atoms with van der Waals surface area (Å²) in [6.45, 7) is 0. The van der Waals surface area contributed by atoms with Crippen molar-refractivity contribution in [2.45, 2.75) is 6.18 Å². The fraction of sp³-hybridized carbons (Fsp3) is 0.0714. The van der Waals surface area contributed by atoms with E-state index in [1.54, 1.807) is 18.2 Å². The van der Waals surface area contributed by atoms with Gasteiger partial charge in [0.05, 0.1) is 25.1 Å². The molecule has 23 heavy (non-hydrogen) atoms. The molecule has 0 unspecified atom stereocenters. The highest BCUT2D eigenvalue weighted by molar-refractivity contribution is 9.11. The average Bonchev–Trinajstić information content (AvgIpc) is 3.07. The lowest BCUT2D eigenvalue weighted by Crippen LogP contribution is -2.07. The van der Waals surface area contributed by atoms with Gasteiger partial charge >= 0.3 is 6.18 Å². The molecular weight excluding hydrogens is 436 g/mol. The van der Waals surface area contributed by atoms with Crippen LogP contribution < -0.4 is 0 Å². The zero-order valence-electron chi connectivity index (χ0n) is 11.0. The zero-order chi connectivity index (χ0) is 16.8. The summed E-state index contributed by atoms with van der Waals surface area (Å²) in [6, 6.07) is 9.01. The number of aromatic nitrogens is 2. The maximum absolute atomic E-state index is 13.1. The van der Waals surface area contributed by atoms with E-state index in [1.165, 1.54) is 23.5 Å². The number of halogens is 6. The van der Waals surface area contributed by atoms with Gasteiger partial charge in [0.25, 0.3) is 0 Å². The Morgan fingerprint density at radius 1 is 1.09 bits per heavy atom. The monoisotopic (exact) mass is 440 g/mol. The Labute approximate surface area is 151 Å². The zero-order valence-corrected chi connectivity index (χ0v) is 14.9. The highest BCUT2D eigenvalue weighted by atomic mass is 79.9. The maximum Gasteiger partial charge on any atom is 0.435 e. The van der Waals surface area contributed by atoms with E-state index in [1.807, 2.05) is 0 Å². The maximum atomic E-state index is 13.1. The Hall–Kier alpha value is -1.02. The van der Waals surface area contributed by atoms with Gasteiger partial charge in [-0.25, -0.2) is 4.68 Å². The van der Waals surface area contributed by atoms with E-state index in [0.29, 0.717) is 9.90 Å². The van der Waals surface area contributed by atoms with Crippen molar-refractivity contribution in [1.29, 1.82) is 0 Å². The van der Waals surface area contributed by atoms with Gasteiger partial charge in [-0.1, -0.05) is 23.2 Å². The Kier molecular flexibility index (Phi) is 4.48. The van der Waals surface area contributed by atoms with Gasteiger partial charge in [-0.2, -0.15) is 18.3 Å². The predicted octanol–water partition coefficient (Wildman–Crippen LogP) is 6.69. The number of rotatable bonds is 2. The molecule has 0 radical (unpaired) electrons. The summed E-state index contributed by atoms with van der Waals surface area (Å²) in [5.74, 6) is 0. The van der Waals surface area contributed by atoms with Crippen LogP contribution in [0.5, 0.6) is 0 Å². The van der Waals surface area contributed by atoms with Crippen LogP contribution in [0.1, 0.15) is 5.69 Å². The molecule has 0 N–H and O–H groups in total. The van der Waals surface area contributed by atoms with Crippen LogP contribution in [0.2, 0.25) is 10.0 Å². The van der Waals surface area contributed by atoms with Crippen molar-refractivity contribution < 1.29 is 13.2 Å². The van der Waals surface area contributed by atoms with E-state index in [9.17, 15) is 13.2 Å². The van der Waals surface area contributed by atoms with E-state index < -0.39 is 11.9 Å². The van der Waals surface area contributed by atoms with Gasteiger partial charge in [0.15, 0.2) is 5.69 Å². The molecule has 0 aliphatic carbocycles. The molecule has 2 heterocycles. The minimum absolute atomic E-state index is 0.253. The van der Waals surface area contributed by atoms with Gasteiger partial charge in [0.2, 0.25) is 0 Å². The molecule has 120 valence electrons. The third kappa shape index (κ3) is 3.42. The fourth-order valence-corrected chi connectivity index (χ4v) is 3.73. The van der Waals surface area contributed by atoms with Gasteiger partial charge in [-0.3, -0.25) is 0 Å². The number of benzene rings is 1. The van der Waals surface area contributed by atoms with Gasteiger partial charge in [0, 0.05) is 5.02 Å². The van der Waals surface area contributed by atoms with E-state index >= 15 is 0 Å². The summed E-state index contributed by atoms with van der Waals surface area (Å²) >= 11 is 16.6. The molecule has 0 aliphatic heterocycles. The Morgan fingerprint density at radius 3 is 2.43 bits per heavy atom. The van der Waals surface area contributed by atoms with Crippen molar-refractivity contribution in [2.24, 2.45) is 0 Å². The normalized spacial score (nSPS) is 11.9. The number of alkyl halides is 3. The van der Waals surface area contributed by atoms with Crippen LogP contribution in [0.15, 0.2) is 40.2 Å². The Balaban J connectivity index is 2.26. The van der Waals surface area contributed by atoms with Crippen LogP contribution in [0.3, 0.4) is 0 Å². The Bertz CT molecular complexity index is 873. The van der Waals surface area contributed by atoms with Gasteiger partial charge in [-0.05, 0) is 52.3 Å². The second kappa shape index (κ2) is 6.12. The van der Waals surface area contributed by atoms with Gasteiger partial charge < -0.3 is 0 Å². The van der Waals surface area contributed by atoms with Crippen LogP contribution in [-0.4, -0.2) is 9.78 Å². The van der Waals surface area contributed by atoms with Crippen molar-refractivity contribution in [3.8, 4) is 16.3 Å². The van der Waals surface area contributed by atoms with Crippen molar-refractivity contribution in [3.63, 3.8) is 0 Å². The minimum atomic E-state index is -4.56. The molecule has 3 aromatic rings. The molecule has 3 rings (SSSR count). The number of hydrogen-bond acceptors (Lipinski definition) is 2. The van der Waals surface area contributed by atoms with E-state index in [2.05, 4.69) is 21.0 Å². The molecule has 0 spiro atoms. The lowest BCUT2D eigenvalue weighted by atomic mass is 10.2. The van der Waals surface area contributed by atoms with Crippen LogP contribution >= 0.6 is 50.5 Å². The van der Waals surface area contributed by atoms with Gasteiger partial charge in [0.1, 0.15) is 0 Å². The molecule has 1 aromatic carbocycles. The molecule has 0 bridgehead atoms. The highest BCUT2D eigenvalue weighted by Gasteiger charge is 2.35. The van der Waals surface area contributed by atoms with Crippen LogP contribution in [-0.2, 0) is 6.18 Å². The molecular formula is C14H6BrCl2F3N2S. The SMILES string of the molecule is FC(F)(F)c1cc(-c2ccc(Br)s2)n(-c2cc(Cl)ccc2Cl)n1. The summed E-state index contributed by atoms with van der Waals surface area (Å²) in [7, 11) is 0. The van der Waals surface area contributed by atoms with Crippen molar-refractivity contribution in [1.82, 2.24) is 9.78 Å². The van der Waals surface area contributed by atoms with Crippen molar-refractivity contribution >= 4 is 50.5 Å². The average molecular weight is 442 g/mol. The smallest absolute Gasteiger partial charge is 0.230 e. The fourth-order valence-electron chi connectivity index (χ4n) is 1.98. The number of thiophene rings is 1. The topological polar surface area (TPSA) is 17.8 Å². The molecule has 2 aromatic heterocycles. The molecule has 0 aliphatic rings.